The Balaban J connectivity index is 0. The van der Waals surface area contributed by atoms with Crippen molar-refractivity contribution in [1.82, 2.24) is 0 Å². The van der Waals surface area contributed by atoms with Crippen LogP contribution in [0.15, 0.2) is 0 Å². The molecule has 0 saturated heterocycles. The van der Waals surface area contributed by atoms with E-state index < -0.39 is 0 Å². The zero-order valence-corrected chi connectivity index (χ0v) is 3.12. The van der Waals surface area contributed by atoms with Gasteiger partial charge in [-0.25, -0.2) is 0 Å². The summed E-state index contributed by atoms with van der Waals surface area (Å²) in [6.07, 6.45) is 2.28. The SMILES string of the molecule is [CH2]CCC.[SrH2]. The van der Waals surface area contributed by atoms with Crippen LogP contribution in [0.25, 0.3) is 0 Å². The number of unbranched alkanes of at least 4 members (excludes halogenated alkanes) is 1. The Morgan fingerprint density at radius 1 is 1.60 bits per heavy atom. The van der Waals surface area contributed by atoms with Gasteiger partial charge in [0.2, 0.25) is 0 Å². The molecule has 5 heavy (non-hydrogen) atoms. The molecule has 0 nitrogen and oxygen atoms in total. The van der Waals surface area contributed by atoms with Crippen LogP contribution >= 0.6 is 0 Å². The Morgan fingerprint density at radius 2 is 1.80 bits per heavy atom. The summed E-state index contributed by atoms with van der Waals surface area (Å²) in [6.45, 7) is 5.72. The maximum absolute atomic E-state index is 3.60. The molecule has 0 aromatic heterocycles. The van der Waals surface area contributed by atoms with Gasteiger partial charge in [0.15, 0.2) is 0 Å². The van der Waals surface area contributed by atoms with Crippen LogP contribution in [0.4, 0.5) is 0 Å². The molecule has 0 N–H and O–H groups in total. The van der Waals surface area contributed by atoms with E-state index >= 15 is 0 Å². The summed E-state index contributed by atoms with van der Waals surface area (Å²) in [5, 5.41) is 0. The molecule has 29 valence electrons. The monoisotopic (exact) mass is 147 g/mol. The van der Waals surface area contributed by atoms with Gasteiger partial charge in [0.25, 0.3) is 0 Å². The minimum absolute atomic E-state index is 0. The summed E-state index contributed by atoms with van der Waals surface area (Å²) < 4.78 is 0. The van der Waals surface area contributed by atoms with Gasteiger partial charge in [-0.05, 0) is 0 Å². The van der Waals surface area contributed by atoms with Gasteiger partial charge < -0.3 is 0 Å². The molecule has 0 spiro atoms. The summed E-state index contributed by atoms with van der Waals surface area (Å²) in [4.78, 5) is 0. The Morgan fingerprint density at radius 3 is 1.80 bits per heavy atom. The van der Waals surface area contributed by atoms with Crippen LogP contribution < -0.4 is 0 Å². The first-order chi connectivity index (χ1) is 1.91. The van der Waals surface area contributed by atoms with Crippen molar-refractivity contribution in [3.8, 4) is 0 Å². The molecule has 0 aliphatic rings. The molecule has 0 unspecified atom stereocenters. The second-order valence-corrected chi connectivity index (χ2v) is 0.854. The topological polar surface area (TPSA) is 0 Å². The zero-order chi connectivity index (χ0) is 3.41. The van der Waals surface area contributed by atoms with Crippen LogP contribution in [-0.4, -0.2) is 45.5 Å². The van der Waals surface area contributed by atoms with Crippen LogP contribution in [0.2, 0.25) is 0 Å². The summed E-state index contributed by atoms with van der Waals surface area (Å²) >= 11 is 0. The molecular formula is C4H11Sr. The van der Waals surface area contributed by atoms with Crippen molar-refractivity contribution in [1.29, 1.82) is 0 Å². The average molecular weight is 147 g/mol. The van der Waals surface area contributed by atoms with Crippen molar-refractivity contribution in [3.05, 3.63) is 6.92 Å². The van der Waals surface area contributed by atoms with Gasteiger partial charge in [-0.15, -0.1) is 0 Å². The molecule has 0 rings (SSSR count). The van der Waals surface area contributed by atoms with Gasteiger partial charge >= 0.3 is 45.5 Å². The van der Waals surface area contributed by atoms with Crippen LogP contribution in [-0.2, 0) is 0 Å². The third-order valence-electron chi connectivity index (χ3n) is 0.354. The maximum atomic E-state index is 3.60. The molecule has 0 saturated carbocycles. The van der Waals surface area contributed by atoms with Gasteiger partial charge in [-0.1, -0.05) is 26.7 Å². The second-order valence-electron chi connectivity index (χ2n) is 0.854. The molecule has 1 heteroatoms. The third kappa shape index (κ3) is 10.8. The first kappa shape index (κ1) is 9.70. The molecule has 0 bridgehead atoms. The zero-order valence-electron chi connectivity index (χ0n) is 3.12. The molecule has 0 aromatic rings. The van der Waals surface area contributed by atoms with Gasteiger partial charge in [-0.2, -0.15) is 0 Å². The average Bonchev–Trinajstić information content (AvgIpc) is 1.37. The van der Waals surface area contributed by atoms with Crippen molar-refractivity contribution in [2.75, 3.05) is 0 Å². The molecule has 1 radical (unpaired) electrons. The van der Waals surface area contributed by atoms with Gasteiger partial charge in [0.05, 0.1) is 0 Å². The van der Waals surface area contributed by atoms with Crippen molar-refractivity contribution in [2.24, 2.45) is 0 Å². The van der Waals surface area contributed by atoms with Crippen LogP contribution in [0.1, 0.15) is 19.8 Å². The Hall–Kier alpha value is 1.48. The van der Waals surface area contributed by atoms with Crippen molar-refractivity contribution >= 4 is 45.5 Å². The van der Waals surface area contributed by atoms with Crippen molar-refractivity contribution in [2.45, 2.75) is 19.8 Å². The molecule has 0 heterocycles. The molecule has 0 amide bonds. The number of hydrogen-bond donors (Lipinski definition) is 0. The fourth-order valence-corrected chi connectivity index (χ4v) is 0. The predicted molar refractivity (Wildman–Crippen MR) is 28.8 cm³/mol. The Labute approximate surface area is 71.2 Å². The third-order valence-corrected chi connectivity index (χ3v) is 0.354. The van der Waals surface area contributed by atoms with Crippen LogP contribution in [0, 0.1) is 6.92 Å². The van der Waals surface area contributed by atoms with E-state index in [9.17, 15) is 0 Å². The fourth-order valence-electron chi connectivity index (χ4n) is 0. The van der Waals surface area contributed by atoms with Crippen LogP contribution in [0.5, 0.6) is 0 Å². The second kappa shape index (κ2) is 9.08. The fraction of sp³-hybridized carbons (Fsp3) is 0.750. The van der Waals surface area contributed by atoms with E-state index in [0.29, 0.717) is 0 Å². The summed E-state index contributed by atoms with van der Waals surface area (Å²) in [7, 11) is 0. The summed E-state index contributed by atoms with van der Waals surface area (Å²) in [6, 6.07) is 0. The van der Waals surface area contributed by atoms with E-state index in [0.717, 1.165) is 6.42 Å². The van der Waals surface area contributed by atoms with Crippen molar-refractivity contribution in [3.63, 3.8) is 0 Å². The Kier molecular flexibility index (Phi) is 17.6. The normalized spacial score (nSPS) is 6.00. The summed E-state index contributed by atoms with van der Waals surface area (Å²) in [5.41, 5.74) is 0. The summed E-state index contributed by atoms with van der Waals surface area (Å²) in [5.74, 6) is 0. The quantitative estimate of drug-likeness (QED) is 0.478. The van der Waals surface area contributed by atoms with E-state index in [4.69, 9.17) is 0 Å². The molecular weight excluding hydrogens is 136 g/mol. The predicted octanol–water partition coefficient (Wildman–Crippen LogP) is 0.704. The molecule has 0 aromatic carbocycles. The van der Waals surface area contributed by atoms with E-state index in [2.05, 4.69) is 13.8 Å². The molecule has 0 aliphatic carbocycles. The van der Waals surface area contributed by atoms with Crippen LogP contribution in [0.3, 0.4) is 0 Å². The molecule has 0 atom stereocenters. The molecule has 0 fully saturated rings. The van der Waals surface area contributed by atoms with E-state index in [1.54, 1.807) is 0 Å². The van der Waals surface area contributed by atoms with Crippen molar-refractivity contribution < 1.29 is 0 Å². The van der Waals surface area contributed by atoms with Gasteiger partial charge in [-0.3, -0.25) is 0 Å². The van der Waals surface area contributed by atoms with E-state index in [1.165, 1.54) is 6.42 Å². The van der Waals surface area contributed by atoms with Gasteiger partial charge in [0.1, 0.15) is 0 Å². The number of hydrogen-bond acceptors (Lipinski definition) is 0. The number of rotatable bonds is 1. The standard InChI is InChI=1S/C4H9.Sr.2H/c1-3-4-2;;;/h1,3-4H2,2H3;;;. The Bertz CT molecular complexity index is 5.61. The van der Waals surface area contributed by atoms with E-state index in [-0.39, 0.29) is 45.5 Å². The first-order valence-electron chi connectivity index (χ1n) is 1.71. The first-order valence-corrected chi connectivity index (χ1v) is 1.71. The van der Waals surface area contributed by atoms with E-state index in [1.807, 2.05) is 0 Å². The van der Waals surface area contributed by atoms with Gasteiger partial charge in [0, 0.05) is 0 Å². The minimum atomic E-state index is 0. The molecule has 0 aliphatic heterocycles.